The predicted octanol–water partition coefficient (Wildman–Crippen LogP) is 1.57. The number of thiazole rings is 1. The molecule has 0 saturated heterocycles. The summed E-state index contributed by atoms with van der Waals surface area (Å²) in [4.78, 5) is 40.1. The van der Waals surface area contributed by atoms with Gasteiger partial charge in [-0.15, -0.1) is 11.3 Å². The number of nitrogens with two attached hydrogens (primary N) is 1. The number of fused-ring (bicyclic) bond motifs is 1. The van der Waals surface area contributed by atoms with Crippen LogP contribution in [0.5, 0.6) is 11.5 Å². The van der Waals surface area contributed by atoms with Gasteiger partial charge < -0.3 is 24.7 Å². The van der Waals surface area contributed by atoms with Gasteiger partial charge in [0.1, 0.15) is 22.0 Å². The average molecular weight is 523 g/mol. The smallest absolute Gasteiger partial charge is 0.338 e. The van der Waals surface area contributed by atoms with Crippen LogP contribution in [0.25, 0.3) is 17.5 Å². The quantitative estimate of drug-likeness (QED) is 0.465. The summed E-state index contributed by atoms with van der Waals surface area (Å²) >= 11 is 1.07. The SMILES string of the molecule is CCOC(=O)C1=c2sc(=Cc3ccccc3OC)c(=O)n2C(N)=C(C(=O)OC)C1c1ccccc1OC. The van der Waals surface area contributed by atoms with Crippen LogP contribution in [-0.4, -0.2) is 44.4 Å². The third-order valence-corrected chi connectivity index (χ3v) is 7.03. The second-order valence-electron chi connectivity index (χ2n) is 7.90. The minimum absolute atomic E-state index is 0.0636. The van der Waals surface area contributed by atoms with Gasteiger partial charge in [0.2, 0.25) is 0 Å². The molecule has 1 aliphatic heterocycles. The molecule has 2 heterocycles. The van der Waals surface area contributed by atoms with E-state index in [9.17, 15) is 14.4 Å². The largest absolute Gasteiger partial charge is 0.496 e. The third-order valence-electron chi connectivity index (χ3n) is 5.92. The summed E-state index contributed by atoms with van der Waals surface area (Å²) < 4.78 is 23.1. The summed E-state index contributed by atoms with van der Waals surface area (Å²) in [5.41, 5.74) is 7.18. The molecule has 0 saturated carbocycles. The summed E-state index contributed by atoms with van der Waals surface area (Å²) in [5, 5.41) is 0. The number of esters is 2. The van der Waals surface area contributed by atoms with Crippen molar-refractivity contribution in [1.29, 1.82) is 0 Å². The van der Waals surface area contributed by atoms with Crippen LogP contribution in [0.15, 0.2) is 58.9 Å². The molecule has 0 amide bonds. The summed E-state index contributed by atoms with van der Waals surface area (Å²) in [6.45, 7) is 1.76. The van der Waals surface area contributed by atoms with Crippen LogP contribution < -0.4 is 30.0 Å². The maximum absolute atomic E-state index is 13.6. The van der Waals surface area contributed by atoms with Crippen LogP contribution in [0.4, 0.5) is 0 Å². The molecule has 0 radical (unpaired) electrons. The first-order chi connectivity index (χ1) is 17.9. The maximum atomic E-state index is 13.6. The Labute approximate surface area is 216 Å². The fraction of sp³-hybridized carbons (Fsp3) is 0.222. The molecular formula is C27H26N2O7S. The van der Waals surface area contributed by atoms with E-state index in [1.807, 2.05) is 12.1 Å². The number of hydrogen-bond donors (Lipinski definition) is 1. The molecule has 1 aliphatic rings. The zero-order chi connectivity index (χ0) is 26.7. The molecule has 1 aromatic heterocycles. The summed E-state index contributed by atoms with van der Waals surface area (Å²) in [6, 6.07) is 14.2. The van der Waals surface area contributed by atoms with Crippen molar-refractivity contribution >= 4 is 40.7 Å². The van der Waals surface area contributed by atoms with Gasteiger partial charge in [0.05, 0.1) is 49.5 Å². The standard InChI is InChI=1S/C27H26N2O7S/c1-5-36-27(32)22-20(16-11-7-9-13-18(16)34-3)21(26(31)35-4)23(28)29-24(30)19(37-25(22)29)14-15-10-6-8-12-17(15)33-2/h6-14,20H,5,28H2,1-4H3. The van der Waals surface area contributed by atoms with Crippen molar-refractivity contribution in [2.24, 2.45) is 5.73 Å². The van der Waals surface area contributed by atoms with Crippen LogP contribution in [0, 0.1) is 0 Å². The molecule has 4 rings (SSSR count). The summed E-state index contributed by atoms with van der Waals surface area (Å²) in [7, 11) is 4.23. The molecular weight excluding hydrogens is 496 g/mol. The number of para-hydroxylation sites is 2. The van der Waals surface area contributed by atoms with E-state index in [0.717, 1.165) is 15.9 Å². The number of aromatic nitrogens is 1. The number of carbonyl (C=O) groups is 2. The topological polar surface area (TPSA) is 119 Å². The molecule has 9 nitrogen and oxygen atoms in total. The second kappa shape index (κ2) is 10.8. The van der Waals surface area contributed by atoms with Crippen LogP contribution in [0.2, 0.25) is 0 Å². The molecule has 2 N–H and O–H groups in total. The molecule has 1 unspecified atom stereocenters. The van der Waals surface area contributed by atoms with E-state index in [1.165, 1.54) is 21.3 Å². The highest BCUT2D eigenvalue weighted by molar-refractivity contribution is 7.07. The highest BCUT2D eigenvalue weighted by Gasteiger charge is 2.41. The Balaban J connectivity index is 2.16. The van der Waals surface area contributed by atoms with Gasteiger partial charge in [-0.2, -0.15) is 0 Å². The van der Waals surface area contributed by atoms with Crippen molar-refractivity contribution in [3.8, 4) is 11.5 Å². The summed E-state index contributed by atoms with van der Waals surface area (Å²) in [6.07, 6.45) is 1.66. The fourth-order valence-corrected chi connectivity index (χ4v) is 5.46. The molecule has 0 aliphatic carbocycles. The second-order valence-corrected chi connectivity index (χ2v) is 8.93. The van der Waals surface area contributed by atoms with Crippen molar-refractivity contribution in [2.45, 2.75) is 12.8 Å². The third kappa shape index (κ3) is 4.51. The van der Waals surface area contributed by atoms with Gasteiger partial charge in [-0.3, -0.25) is 9.36 Å². The van der Waals surface area contributed by atoms with Crippen LogP contribution in [-0.2, 0) is 19.1 Å². The zero-order valence-corrected chi connectivity index (χ0v) is 21.6. The lowest BCUT2D eigenvalue weighted by atomic mass is 9.82. The Hall–Kier alpha value is -4.31. The lowest BCUT2D eigenvalue weighted by molar-refractivity contribution is -0.136. The number of benzene rings is 2. The van der Waals surface area contributed by atoms with E-state index in [1.54, 1.807) is 49.4 Å². The Kier molecular flexibility index (Phi) is 7.49. The van der Waals surface area contributed by atoms with Gasteiger partial charge >= 0.3 is 11.9 Å². The van der Waals surface area contributed by atoms with Crippen molar-refractivity contribution in [2.75, 3.05) is 27.9 Å². The number of nitrogens with zero attached hydrogens (tertiary/aromatic N) is 1. The Bertz CT molecular complexity index is 1580. The molecule has 2 aromatic carbocycles. The van der Waals surface area contributed by atoms with Gasteiger partial charge in [-0.1, -0.05) is 36.4 Å². The minimum Gasteiger partial charge on any atom is -0.496 e. The first-order valence-electron chi connectivity index (χ1n) is 11.4. The van der Waals surface area contributed by atoms with Gasteiger partial charge in [-0.05, 0) is 25.1 Å². The molecule has 3 aromatic rings. The zero-order valence-electron chi connectivity index (χ0n) is 20.8. The number of carbonyl (C=O) groups excluding carboxylic acids is 2. The van der Waals surface area contributed by atoms with E-state index in [4.69, 9.17) is 24.7 Å². The molecule has 10 heteroatoms. The predicted molar refractivity (Wildman–Crippen MR) is 140 cm³/mol. The number of hydrogen-bond acceptors (Lipinski definition) is 9. The van der Waals surface area contributed by atoms with Crippen LogP contribution in [0.1, 0.15) is 24.0 Å². The molecule has 0 bridgehead atoms. The maximum Gasteiger partial charge on any atom is 0.338 e. The Morgan fingerprint density at radius 1 is 0.973 bits per heavy atom. The number of rotatable bonds is 7. The van der Waals surface area contributed by atoms with E-state index in [0.29, 0.717) is 22.6 Å². The van der Waals surface area contributed by atoms with Gasteiger partial charge in [-0.25, -0.2) is 9.59 Å². The highest BCUT2D eigenvalue weighted by atomic mass is 32.1. The van der Waals surface area contributed by atoms with Crippen LogP contribution >= 0.6 is 11.3 Å². The first kappa shape index (κ1) is 25.8. The first-order valence-corrected chi connectivity index (χ1v) is 12.2. The number of methoxy groups -OCH3 is 3. The van der Waals surface area contributed by atoms with Crippen molar-refractivity contribution in [1.82, 2.24) is 4.57 Å². The Morgan fingerprint density at radius 2 is 1.62 bits per heavy atom. The molecule has 37 heavy (non-hydrogen) atoms. The Morgan fingerprint density at radius 3 is 2.27 bits per heavy atom. The van der Waals surface area contributed by atoms with Gasteiger partial charge in [0, 0.05) is 11.1 Å². The molecule has 1 atom stereocenters. The van der Waals surface area contributed by atoms with E-state index < -0.39 is 23.4 Å². The lowest BCUT2D eigenvalue weighted by Crippen LogP contribution is -2.41. The molecule has 0 fully saturated rings. The fourth-order valence-electron chi connectivity index (χ4n) is 4.31. The normalized spacial score (nSPS) is 15.3. The highest BCUT2D eigenvalue weighted by Crippen LogP contribution is 2.41. The van der Waals surface area contributed by atoms with Crippen LogP contribution in [0.3, 0.4) is 0 Å². The van der Waals surface area contributed by atoms with E-state index in [2.05, 4.69) is 0 Å². The van der Waals surface area contributed by atoms with E-state index >= 15 is 0 Å². The molecule has 0 spiro atoms. The lowest BCUT2D eigenvalue weighted by Gasteiger charge is -2.27. The van der Waals surface area contributed by atoms with Gasteiger partial charge in [0.15, 0.2) is 0 Å². The number of ether oxygens (including phenoxy) is 4. The molecule has 192 valence electrons. The summed E-state index contributed by atoms with van der Waals surface area (Å²) in [5.74, 6) is -1.61. The minimum atomic E-state index is -1.00. The van der Waals surface area contributed by atoms with Crippen molar-refractivity contribution in [3.63, 3.8) is 0 Å². The van der Waals surface area contributed by atoms with Crippen molar-refractivity contribution < 1.29 is 28.5 Å². The van der Waals surface area contributed by atoms with Crippen molar-refractivity contribution in [3.05, 3.63) is 84.8 Å². The monoisotopic (exact) mass is 522 g/mol. The average Bonchev–Trinajstić information content (AvgIpc) is 3.23. The van der Waals surface area contributed by atoms with Gasteiger partial charge in [0.25, 0.3) is 5.56 Å². The van der Waals surface area contributed by atoms with E-state index in [-0.39, 0.29) is 32.8 Å².